The molecular formula is C13H21NOS2. The lowest BCUT2D eigenvalue weighted by atomic mass is 10.2. The molecule has 0 unspecified atom stereocenters. The molecule has 96 valence electrons. The fourth-order valence-corrected chi connectivity index (χ4v) is 3.91. The second-order valence-electron chi connectivity index (χ2n) is 4.37. The molecule has 1 aliphatic heterocycles. The van der Waals surface area contributed by atoms with E-state index in [-0.39, 0.29) is 0 Å². The third kappa shape index (κ3) is 5.00. The van der Waals surface area contributed by atoms with Crippen LogP contribution < -0.4 is 5.32 Å². The van der Waals surface area contributed by atoms with Gasteiger partial charge in [0, 0.05) is 47.1 Å². The lowest BCUT2D eigenvalue weighted by Gasteiger charge is -2.21. The van der Waals surface area contributed by atoms with Gasteiger partial charge in [0.05, 0.1) is 0 Å². The van der Waals surface area contributed by atoms with Crippen LogP contribution in [0.15, 0.2) is 12.1 Å². The first-order chi connectivity index (χ1) is 8.34. The molecule has 1 aromatic rings. The zero-order chi connectivity index (χ0) is 11.9. The molecule has 0 atom stereocenters. The Labute approximate surface area is 112 Å². The van der Waals surface area contributed by atoms with E-state index >= 15 is 0 Å². The van der Waals surface area contributed by atoms with Crippen LogP contribution in [0.5, 0.6) is 0 Å². The van der Waals surface area contributed by atoms with Gasteiger partial charge in [-0.25, -0.2) is 0 Å². The van der Waals surface area contributed by atoms with Crippen molar-refractivity contribution in [1.29, 1.82) is 0 Å². The molecule has 1 aromatic heterocycles. The molecular weight excluding hydrogens is 250 g/mol. The summed E-state index contributed by atoms with van der Waals surface area (Å²) in [7, 11) is 0. The van der Waals surface area contributed by atoms with Gasteiger partial charge >= 0.3 is 0 Å². The van der Waals surface area contributed by atoms with E-state index < -0.39 is 0 Å². The summed E-state index contributed by atoms with van der Waals surface area (Å²) in [6.07, 6.45) is 2.46. The smallest absolute Gasteiger partial charge is 0.0476 e. The maximum Gasteiger partial charge on any atom is 0.0476 e. The van der Waals surface area contributed by atoms with Crippen molar-refractivity contribution >= 4 is 23.1 Å². The molecule has 0 spiro atoms. The average Bonchev–Trinajstić information content (AvgIpc) is 2.76. The highest BCUT2D eigenvalue weighted by Crippen LogP contribution is 2.21. The number of aryl methyl sites for hydroxylation is 1. The summed E-state index contributed by atoms with van der Waals surface area (Å²) in [6, 6.07) is 4.41. The number of ether oxygens (including phenoxy) is 1. The first-order valence-electron chi connectivity index (χ1n) is 6.30. The minimum atomic E-state index is 0.828. The van der Waals surface area contributed by atoms with E-state index in [1.165, 1.54) is 28.3 Å². The Morgan fingerprint density at radius 2 is 2.24 bits per heavy atom. The fraction of sp³-hybridized carbons (Fsp3) is 0.692. The van der Waals surface area contributed by atoms with Gasteiger partial charge in [0.2, 0.25) is 0 Å². The van der Waals surface area contributed by atoms with Gasteiger partial charge in [0.15, 0.2) is 0 Å². The predicted molar refractivity (Wildman–Crippen MR) is 77.1 cm³/mol. The van der Waals surface area contributed by atoms with E-state index in [9.17, 15) is 0 Å². The molecule has 0 amide bonds. The summed E-state index contributed by atoms with van der Waals surface area (Å²) < 4.78 is 5.36. The molecule has 1 saturated heterocycles. The number of rotatable bonds is 6. The predicted octanol–water partition coefficient (Wildman–Crippen LogP) is 3.06. The highest BCUT2D eigenvalue weighted by molar-refractivity contribution is 7.99. The van der Waals surface area contributed by atoms with Gasteiger partial charge in [-0.15, -0.1) is 11.3 Å². The Morgan fingerprint density at radius 1 is 1.41 bits per heavy atom. The maximum atomic E-state index is 5.36. The Balaban J connectivity index is 1.51. The van der Waals surface area contributed by atoms with Crippen LogP contribution in [0.25, 0.3) is 0 Å². The minimum Gasteiger partial charge on any atom is -0.381 e. The van der Waals surface area contributed by atoms with E-state index in [4.69, 9.17) is 4.74 Å². The standard InChI is InChI=1S/C13H21NOS2/c1-11-2-3-13(17-11)10-14-6-9-16-12-4-7-15-8-5-12/h2-3,12,14H,4-10H2,1H3. The van der Waals surface area contributed by atoms with Gasteiger partial charge in [-0.2, -0.15) is 11.8 Å². The van der Waals surface area contributed by atoms with Crippen LogP contribution in [0.1, 0.15) is 22.6 Å². The molecule has 17 heavy (non-hydrogen) atoms. The van der Waals surface area contributed by atoms with Gasteiger partial charge < -0.3 is 10.1 Å². The van der Waals surface area contributed by atoms with Crippen LogP contribution in [0, 0.1) is 6.92 Å². The molecule has 2 heterocycles. The summed E-state index contributed by atoms with van der Waals surface area (Å²) in [5.41, 5.74) is 0. The second kappa shape index (κ2) is 7.41. The number of thioether (sulfide) groups is 1. The molecule has 1 N–H and O–H groups in total. The fourth-order valence-electron chi connectivity index (χ4n) is 1.93. The van der Waals surface area contributed by atoms with Crippen molar-refractivity contribution in [1.82, 2.24) is 5.32 Å². The average molecular weight is 271 g/mol. The molecule has 2 nitrogen and oxygen atoms in total. The molecule has 0 aliphatic carbocycles. The Hall–Kier alpha value is -0.0300. The lowest BCUT2D eigenvalue weighted by molar-refractivity contribution is 0.100. The first-order valence-corrected chi connectivity index (χ1v) is 8.16. The summed E-state index contributed by atoms with van der Waals surface area (Å²) in [5, 5.41) is 4.34. The number of hydrogen-bond donors (Lipinski definition) is 1. The highest BCUT2D eigenvalue weighted by Gasteiger charge is 2.13. The van der Waals surface area contributed by atoms with Gasteiger partial charge in [-0.1, -0.05) is 0 Å². The monoisotopic (exact) mass is 271 g/mol. The third-order valence-electron chi connectivity index (χ3n) is 2.90. The quantitative estimate of drug-likeness (QED) is 0.804. The number of thiophene rings is 1. The molecule has 4 heteroatoms. The van der Waals surface area contributed by atoms with E-state index in [1.54, 1.807) is 0 Å². The van der Waals surface area contributed by atoms with E-state index in [1.807, 2.05) is 11.3 Å². The molecule has 1 fully saturated rings. The minimum absolute atomic E-state index is 0.828. The largest absolute Gasteiger partial charge is 0.381 e. The Morgan fingerprint density at radius 3 is 2.94 bits per heavy atom. The van der Waals surface area contributed by atoms with Gasteiger partial charge in [-0.05, 0) is 31.9 Å². The summed E-state index contributed by atoms with van der Waals surface area (Å²) in [6.45, 7) is 6.21. The van der Waals surface area contributed by atoms with Crippen LogP contribution in [0.2, 0.25) is 0 Å². The van der Waals surface area contributed by atoms with Crippen molar-refractivity contribution < 1.29 is 4.74 Å². The topological polar surface area (TPSA) is 21.3 Å². The highest BCUT2D eigenvalue weighted by atomic mass is 32.2. The van der Waals surface area contributed by atoms with E-state index in [2.05, 4.69) is 36.1 Å². The third-order valence-corrected chi connectivity index (χ3v) is 5.28. The van der Waals surface area contributed by atoms with Crippen LogP contribution in [-0.4, -0.2) is 30.8 Å². The number of nitrogens with one attached hydrogen (secondary N) is 1. The van der Waals surface area contributed by atoms with Crippen LogP contribution in [-0.2, 0) is 11.3 Å². The Kier molecular flexibility index (Phi) is 5.85. The molecule has 0 aromatic carbocycles. The van der Waals surface area contributed by atoms with Crippen LogP contribution in [0.4, 0.5) is 0 Å². The molecule has 0 bridgehead atoms. The summed E-state index contributed by atoms with van der Waals surface area (Å²) >= 11 is 3.99. The van der Waals surface area contributed by atoms with Crippen molar-refractivity contribution in [2.24, 2.45) is 0 Å². The summed E-state index contributed by atoms with van der Waals surface area (Å²) in [5.74, 6) is 1.22. The molecule has 1 aliphatic rings. The van der Waals surface area contributed by atoms with Crippen molar-refractivity contribution in [2.45, 2.75) is 31.6 Å². The second-order valence-corrected chi connectivity index (χ2v) is 7.15. The van der Waals surface area contributed by atoms with Crippen molar-refractivity contribution in [3.63, 3.8) is 0 Å². The number of hydrogen-bond acceptors (Lipinski definition) is 4. The van der Waals surface area contributed by atoms with Crippen molar-refractivity contribution in [2.75, 3.05) is 25.5 Å². The lowest BCUT2D eigenvalue weighted by Crippen LogP contribution is -2.21. The SMILES string of the molecule is Cc1ccc(CNCCSC2CCOCC2)s1. The van der Waals surface area contributed by atoms with Crippen LogP contribution >= 0.6 is 23.1 Å². The van der Waals surface area contributed by atoms with Crippen LogP contribution in [0.3, 0.4) is 0 Å². The van der Waals surface area contributed by atoms with E-state index in [0.29, 0.717) is 0 Å². The Bertz CT molecular complexity index is 321. The van der Waals surface area contributed by atoms with Crippen molar-refractivity contribution in [3.05, 3.63) is 21.9 Å². The first kappa shape index (κ1) is 13.4. The molecule has 0 radical (unpaired) electrons. The van der Waals surface area contributed by atoms with E-state index in [0.717, 1.165) is 31.6 Å². The van der Waals surface area contributed by atoms with Crippen molar-refractivity contribution in [3.8, 4) is 0 Å². The molecule has 2 rings (SSSR count). The van der Waals surface area contributed by atoms with Gasteiger partial charge in [0.1, 0.15) is 0 Å². The zero-order valence-corrected chi connectivity index (χ0v) is 12.0. The van der Waals surface area contributed by atoms with Gasteiger partial charge in [-0.3, -0.25) is 0 Å². The van der Waals surface area contributed by atoms with Gasteiger partial charge in [0.25, 0.3) is 0 Å². The summed E-state index contributed by atoms with van der Waals surface area (Å²) in [4.78, 5) is 2.84. The zero-order valence-electron chi connectivity index (χ0n) is 10.4. The normalized spacial score (nSPS) is 17.5. The maximum absolute atomic E-state index is 5.36. The molecule has 0 saturated carbocycles.